The van der Waals surface area contributed by atoms with Gasteiger partial charge in [0.2, 0.25) is 0 Å². The second-order valence-corrected chi connectivity index (χ2v) is 4.67. The molecule has 5 nitrogen and oxygen atoms in total. The van der Waals surface area contributed by atoms with Gasteiger partial charge in [-0.25, -0.2) is 9.97 Å². The lowest BCUT2D eigenvalue weighted by atomic mass is 10.1. The van der Waals surface area contributed by atoms with Crippen molar-refractivity contribution in [3.05, 3.63) is 27.8 Å². The Balaban J connectivity index is 2.72. The number of pyridine rings is 1. The van der Waals surface area contributed by atoms with Crippen LogP contribution in [0.25, 0.3) is 10.7 Å². The Bertz CT molecular complexity index is 541. The molecule has 2 aromatic rings. The lowest BCUT2D eigenvalue weighted by molar-refractivity contribution is 0.100. The van der Waals surface area contributed by atoms with Crippen LogP contribution in [0.2, 0.25) is 0 Å². The largest absolute Gasteiger partial charge is 0.398 e. The number of nitrogens with zero attached hydrogens (tertiary/aromatic N) is 2. The van der Waals surface area contributed by atoms with Crippen molar-refractivity contribution in [2.24, 2.45) is 5.73 Å². The summed E-state index contributed by atoms with van der Waals surface area (Å²) in [6, 6.07) is 1.54. The number of amides is 1. The summed E-state index contributed by atoms with van der Waals surface area (Å²) in [6.45, 7) is 0. The van der Waals surface area contributed by atoms with Gasteiger partial charge in [-0.1, -0.05) is 0 Å². The highest BCUT2D eigenvalue weighted by Gasteiger charge is 2.18. The summed E-state index contributed by atoms with van der Waals surface area (Å²) in [7, 11) is 0. The molecule has 82 valence electrons. The first kappa shape index (κ1) is 11.0. The molecule has 0 fully saturated rings. The average molecular weight is 299 g/mol. The van der Waals surface area contributed by atoms with Crippen LogP contribution in [0.1, 0.15) is 10.4 Å². The molecule has 16 heavy (non-hydrogen) atoms. The van der Waals surface area contributed by atoms with Gasteiger partial charge in [0.1, 0.15) is 15.3 Å². The third kappa shape index (κ3) is 1.91. The van der Waals surface area contributed by atoms with Crippen molar-refractivity contribution in [2.45, 2.75) is 0 Å². The smallest absolute Gasteiger partial charge is 0.253 e. The number of carbonyl (C=O) groups is 1. The van der Waals surface area contributed by atoms with E-state index in [1.165, 1.54) is 17.4 Å². The molecule has 0 spiro atoms. The number of hydrogen-bond donors (Lipinski definition) is 2. The van der Waals surface area contributed by atoms with E-state index in [1.807, 2.05) is 0 Å². The van der Waals surface area contributed by atoms with Crippen LogP contribution in [0.5, 0.6) is 0 Å². The first-order chi connectivity index (χ1) is 7.59. The minimum Gasteiger partial charge on any atom is -0.398 e. The lowest BCUT2D eigenvalue weighted by Gasteiger charge is -2.06. The van der Waals surface area contributed by atoms with Crippen molar-refractivity contribution in [3.63, 3.8) is 0 Å². The zero-order valence-electron chi connectivity index (χ0n) is 7.98. The number of anilines is 1. The highest BCUT2D eigenvalue weighted by atomic mass is 79.9. The van der Waals surface area contributed by atoms with Crippen molar-refractivity contribution >= 4 is 38.9 Å². The Morgan fingerprint density at radius 1 is 1.50 bits per heavy atom. The maximum atomic E-state index is 11.3. The first-order valence-corrected chi connectivity index (χ1v) is 5.92. The van der Waals surface area contributed by atoms with Crippen molar-refractivity contribution in [1.82, 2.24) is 9.97 Å². The minimum atomic E-state index is -0.609. The van der Waals surface area contributed by atoms with Gasteiger partial charge in [0.15, 0.2) is 0 Å². The first-order valence-electron chi connectivity index (χ1n) is 4.25. The van der Waals surface area contributed by atoms with Crippen LogP contribution < -0.4 is 11.5 Å². The van der Waals surface area contributed by atoms with Crippen molar-refractivity contribution in [2.75, 3.05) is 5.73 Å². The zero-order valence-corrected chi connectivity index (χ0v) is 10.4. The second-order valence-electron chi connectivity index (χ2n) is 2.96. The number of hydrogen-bond acceptors (Lipinski definition) is 5. The Labute approximate surface area is 104 Å². The summed E-state index contributed by atoms with van der Waals surface area (Å²) in [4.78, 5) is 19.6. The Morgan fingerprint density at radius 3 is 2.81 bits per heavy atom. The number of aromatic nitrogens is 2. The molecule has 0 bridgehead atoms. The molecule has 0 aromatic carbocycles. The van der Waals surface area contributed by atoms with E-state index >= 15 is 0 Å². The summed E-state index contributed by atoms with van der Waals surface area (Å²) >= 11 is 4.58. The molecule has 0 aliphatic carbocycles. The standard InChI is InChI=1S/C9H7BrN4OS/c10-5-3-4(11)6(8(12)15)7(14-5)9-13-1-2-16-9/h1-3H,(H2,11,14)(H2,12,15). The Morgan fingerprint density at radius 2 is 2.25 bits per heavy atom. The molecule has 4 N–H and O–H groups in total. The van der Waals surface area contributed by atoms with Crippen LogP contribution in [0.4, 0.5) is 5.69 Å². The summed E-state index contributed by atoms with van der Waals surface area (Å²) in [5.74, 6) is -0.609. The van der Waals surface area contributed by atoms with E-state index in [-0.39, 0.29) is 5.56 Å². The molecular weight excluding hydrogens is 292 g/mol. The van der Waals surface area contributed by atoms with Crippen LogP contribution >= 0.6 is 27.3 Å². The maximum Gasteiger partial charge on any atom is 0.253 e. The number of nitrogen functional groups attached to an aromatic ring is 1. The summed E-state index contributed by atoms with van der Waals surface area (Å²) in [5.41, 5.74) is 11.9. The number of nitrogens with two attached hydrogens (primary N) is 2. The average Bonchev–Trinajstić information content (AvgIpc) is 2.67. The van der Waals surface area contributed by atoms with E-state index < -0.39 is 5.91 Å². The van der Waals surface area contributed by atoms with Crippen LogP contribution in [0.3, 0.4) is 0 Å². The van der Waals surface area contributed by atoms with Gasteiger partial charge in [0.25, 0.3) is 5.91 Å². The van der Waals surface area contributed by atoms with Gasteiger partial charge >= 0.3 is 0 Å². The van der Waals surface area contributed by atoms with E-state index in [9.17, 15) is 4.79 Å². The molecule has 0 atom stereocenters. The van der Waals surface area contributed by atoms with E-state index in [4.69, 9.17) is 11.5 Å². The van der Waals surface area contributed by atoms with Gasteiger partial charge in [-0.05, 0) is 22.0 Å². The van der Waals surface area contributed by atoms with Crippen molar-refractivity contribution in [1.29, 1.82) is 0 Å². The number of carbonyl (C=O) groups excluding carboxylic acids is 1. The van der Waals surface area contributed by atoms with E-state index in [1.54, 1.807) is 11.6 Å². The predicted octanol–water partition coefficient (Wildman–Crippen LogP) is 1.65. The predicted molar refractivity (Wildman–Crippen MR) is 66.0 cm³/mol. The van der Waals surface area contributed by atoms with Crippen molar-refractivity contribution in [3.8, 4) is 10.7 Å². The third-order valence-corrected chi connectivity index (χ3v) is 3.09. The Kier molecular flexibility index (Phi) is 2.88. The molecular formula is C9H7BrN4OS. The van der Waals surface area contributed by atoms with Crippen LogP contribution in [-0.4, -0.2) is 15.9 Å². The minimum absolute atomic E-state index is 0.207. The monoisotopic (exact) mass is 298 g/mol. The molecule has 0 saturated heterocycles. The highest BCUT2D eigenvalue weighted by Crippen LogP contribution is 2.29. The molecule has 0 aliphatic rings. The van der Waals surface area contributed by atoms with Crippen molar-refractivity contribution < 1.29 is 4.79 Å². The van der Waals surface area contributed by atoms with Gasteiger partial charge in [-0.3, -0.25) is 4.79 Å². The molecule has 2 aromatic heterocycles. The third-order valence-electron chi connectivity index (χ3n) is 1.90. The van der Waals surface area contributed by atoms with Gasteiger partial charge in [0, 0.05) is 17.3 Å². The second kappa shape index (κ2) is 4.18. The summed E-state index contributed by atoms with van der Waals surface area (Å²) in [5, 5.41) is 2.40. The highest BCUT2D eigenvalue weighted by molar-refractivity contribution is 9.10. The van der Waals surface area contributed by atoms with Gasteiger partial charge in [-0.15, -0.1) is 11.3 Å². The quantitative estimate of drug-likeness (QED) is 0.824. The lowest BCUT2D eigenvalue weighted by Crippen LogP contribution is -2.16. The topological polar surface area (TPSA) is 94.9 Å². The molecule has 2 rings (SSSR count). The Hall–Kier alpha value is -1.47. The molecule has 2 heterocycles. The molecule has 0 aliphatic heterocycles. The molecule has 0 radical (unpaired) electrons. The van der Waals surface area contributed by atoms with Crippen LogP contribution in [0, 0.1) is 0 Å². The van der Waals surface area contributed by atoms with Gasteiger partial charge < -0.3 is 11.5 Å². The van der Waals surface area contributed by atoms with Crippen LogP contribution in [-0.2, 0) is 0 Å². The number of primary amides is 1. The summed E-state index contributed by atoms with van der Waals surface area (Å²) in [6.07, 6.45) is 1.63. The maximum absolute atomic E-state index is 11.3. The van der Waals surface area contributed by atoms with E-state index in [2.05, 4.69) is 25.9 Å². The number of rotatable bonds is 2. The SMILES string of the molecule is NC(=O)c1c(N)cc(Br)nc1-c1nccs1. The molecule has 0 unspecified atom stereocenters. The fraction of sp³-hybridized carbons (Fsp3) is 0. The van der Waals surface area contributed by atoms with Gasteiger partial charge in [0.05, 0.1) is 5.56 Å². The number of thiazole rings is 1. The van der Waals surface area contributed by atoms with E-state index in [0.29, 0.717) is 21.0 Å². The molecule has 0 saturated carbocycles. The number of halogens is 1. The van der Waals surface area contributed by atoms with Crippen LogP contribution in [0.15, 0.2) is 22.2 Å². The summed E-state index contributed by atoms with van der Waals surface area (Å²) < 4.78 is 0.542. The fourth-order valence-electron chi connectivity index (χ4n) is 1.29. The fourth-order valence-corrected chi connectivity index (χ4v) is 2.34. The van der Waals surface area contributed by atoms with E-state index in [0.717, 1.165) is 0 Å². The normalized spacial score (nSPS) is 10.3. The molecule has 7 heteroatoms. The zero-order chi connectivity index (χ0) is 11.7. The molecule has 1 amide bonds. The van der Waals surface area contributed by atoms with Gasteiger partial charge in [-0.2, -0.15) is 0 Å².